The number of nitrogens with two attached hydrogens (primary N) is 1. The molecule has 4 nitrogen and oxygen atoms in total. The van der Waals surface area contributed by atoms with E-state index < -0.39 is 4.92 Å². The van der Waals surface area contributed by atoms with E-state index in [1.807, 2.05) is 12.1 Å². The zero-order valence-corrected chi connectivity index (χ0v) is 11.5. The molecule has 0 fully saturated rings. The molecule has 0 spiro atoms. The van der Waals surface area contributed by atoms with Gasteiger partial charge in [-0.3, -0.25) is 10.1 Å². The van der Waals surface area contributed by atoms with E-state index in [-0.39, 0.29) is 11.7 Å². The molecule has 0 aliphatic rings. The van der Waals surface area contributed by atoms with Crippen LogP contribution >= 0.6 is 0 Å². The Bertz CT molecular complexity index is 594. The standard InChI is InChI=1S/C16H18N2O2/c1-2-13-5-3-4-6-15(13)16(17)11-12-7-9-14(10-8-12)18(19)20/h3-10,16H,2,11,17H2,1H3. The minimum atomic E-state index is -0.393. The molecule has 4 heteroatoms. The van der Waals surface area contributed by atoms with Crippen molar-refractivity contribution in [2.45, 2.75) is 25.8 Å². The molecular formula is C16H18N2O2. The van der Waals surface area contributed by atoms with Crippen molar-refractivity contribution in [3.05, 3.63) is 75.3 Å². The van der Waals surface area contributed by atoms with Crippen molar-refractivity contribution < 1.29 is 4.92 Å². The molecule has 2 aromatic carbocycles. The third-order valence-electron chi connectivity index (χ3n) is 3.44. The fourth-order valence-corrected chi connectivity index (χ4v) is 2.34. The normalized spacial score (nSPS) is 12.1. The summed E-state index contributed by atoms with van der Waals surface area (Å²) in [6, 6.07) is 14.6. The number of nitro benzene ring substituents is 1. The first-order valence-electron chi connectivity index (χ1n) is 6.68. The van der Waals surface area contributed by atoms with Crippen molar-refractivity contribution in [2.24, 2.45) is 5.73 Å². The highest BCUT2D eigenvalue weighted by Crippen LogP contribution is 2.21. The Morgan fingerprint density at radius 1 is 1.15 bits per heavy atom. The summed E-state index contributed by atoms with van der Waals surface area (Å²) in [4.78, 5) is 10.2. The molecule has 2 rings (SSSR count). The van der Waals surface area contributed by atoms with Crippen LogP contribution in [-0.2, 0) is 12.8 Å². The van der Waals surface area contributed by atoms with E-state index in [0.717, 1.165) is 17.5 Å². The molecular weight excluding hydrogens is 252 g/mol. The van der Waals surface area contributed by atoms with Crippen molar-refractivity contribution in [3.63, 3.8) is 0 Å². The number of hydrogen-bond donors (Lipinski definition) is 1. The maximum atomic E-state index is 10.6. The summed E-state index contributed by atoms with van der Waals surface area (Å²) in [5.41, 5.74) is 9.78. The second-order valence-corrected chi connectivity index (χ2v) is 4.79. The first kappa shape index (κ1) is 14.2. The number of rotatable bonds is 5. The summed E-state index contributed by atoms with van der Waals surface area (Å²) in [7, 11) is 0. The van der Waals surface area contributed by atoms with E-state index in [9.17, 15) is 10.1 Å². The fourth-order valence-electron chi connectivity index (χ4n) is 2.34. The van der Waals surface area contributed by atoms with E-state index in [2.05, 4.69) is 19.1 Å². The first-order chi connectivity index (χ1) is 9.61. The van der Waals surface area contributed by atoms with Crippen LogP contribution in [0.4, 0.5) is 5.69 Å². The van der Waals surface area contributed by atoms with Gasteiger partial charge in [0.25, 0.3) is 5.69 Å². The maximum Gasteiger partial charge on any atom is 0.269 e. The van der Waals surface area contributed by atoms with E-state index in [1.54, 1.807) is 12.1 Å². The summed E-state index contributed by atoms with van der Waals surface area (Å²) < 4.78 is 0. The van der Waals surface area contributed by atoms with Crippen molar-refractivity contribution in [2.75, 3.05) is 0 Å². The summed E-state index contributed by atoms with van der Waals surface area (Å²) in [6.07, 6.45) is 1.62. The zero-order chi connectivity index (χ0) is 14.5. The van der Waals surface area contributed by atoms with Crippen LogP contribution in [0.15, 0.2) is 48.5 Å². The van der Waals surface area contributed by atoms with Crippen LogP contribution < -0.4 is 5.73 Å². The molecule has 104 valence electrons. The molecule has 2 N–H and O–H groups in total. The Morgan fingerprint density at radius 2 is 1.80 bits per heavy atom. The third kappa shape index (κ3) is 3.22. The number of nitrogens with zero attached hydrogens (tertiary/aromatic N) is 1. The summed E-state index contributed by atoms with van der Waals surface area (Å²) in [5.74, 6) is 0. The van der Waals surface area contributed by atoms with Crippen molar-refractivity contribution in [1.29, 1.82) is 0 Å². The quantitative estimate of drug-likeness (QED) is 0.668. The van der Waals surface area contributed by atoms with E-state index >= 15 is 0 Å². The summed E-state index contributed by atoms with van der Waals surface area (Å²) >= 11 is 0. The molecule has 1 atom stereocenters. The number of aryl methyl sites for hydroxylation is 1. The molecule has 0 saturated heterocycles. The molecule has 2 aromatic rings. The van der Waals surface area contributed by atoms with E-state index in [1.165, 1.54) is 17.7 Å². The SMILES string of the molecule is CCc1ccccc1C(N)Cc1ccc([N+](=O)[O-])cc1. The van der Waals surface area contributed by atoms with Crippen LogP contribution in [0.5, 0.6) is 0 Å². The van der Waals surface area contributed by atoms with Crippen molar-refractivity contribution in [3.8, 4) is 0 Å². The van der Waals surface area contributed by atoms with Gasteiger partial charge in [-0.05, 0) is 29.5 Å². The highest BCUT2D eigenvalue weighted by atomic mass is 16.6. The van der Waals surface area contributed by atoms with Gasteiger partial charge >= 0.3 is 0 Å². The largest absolute Gasteiger partial charge is 0.324 e. The lowest BCUT2D eigenvalue weighted by molar-refractivity contribution is -0.384. The van der Waals surface area contributed by atoms with Gasteiger partial charge in [-0.1, -0.05) is 43.3 Å². The van der Waals surface area contributed by atoms with Crippen LogP contribution in [0.3, 0.4) is 0 Å². The number of nitro groups is 1. The number of hydrogen-bond acceptors (Lipinski definition) is 3. The molecule has 0 bridgehead atoms. The van der Waals surface area contributed by atoms with Gasteiger partial charge in [-0.25, -0.2) is 0 Å². The molecule has 1 unspecified atom stereocenters. The smallest absolute Gasteiger partial charge is 0.269 e. The van der Waals surface area contributed by atoms with Gasteiger partial charge in [-0.15, -0.1) is 0 Å². The average molecular weight is 270 g/mol. The lowest BCUT2D eigenvalue weighted by atomic mass is 9.94. The van der Waals surface area contributed by atoms with Crippen LogP contribution in [0.1, 0.15) is 29.7 Å². The fraction of sp³-hybridized carbons (Fsp3) is 0.250. The topological polar surface area (TPSA) is 69.2 Å². The number of benzene rings is 2. The maximum absolute atomic E-state index is 10.6. The van der Waals surface area contributed by atoms with E-state index in [4.69, 9.17) is 5.73 Å². The summed E-state index contributed by atoms with van der Waals surface area (Å²) in [5, 5.41) is 10.6. The highest BCUT2D eigenvalue weighted by molar-refractivity contribution is 5.35. The predicted molar refractivity (Wildman–Crippen MR) is 79.5 cm³/mol. The van der Waals surface area contributed by atoms with Gasteiger partial charge < -0.3 is 5.73 Å². The molecule has 0 aliphatic carbocycles. The van der Waals surface area contributed by atoms with Crippen molar-refractivity contribution >= 4 is 5.69 Å². The molecule has 0 saturated carbocycles. The lowest BCUT2D eigenvalue weighted by Gasteiger charge is -2.15. The van der Waals surface area contributed by atoms with Gasteiger partial charge in [0.2, 0.25) is 0 Å². The monoisotopic (exact) mass is 270 g/mol. The first-order valence-corrected chi connectivity index (χ1v) is 6.68. The minimum Gasteiger partial charge on any atom is -0.324 e. The Kier molecular flexibility index (Phi) is 4.48. The van der Waals surface area contributed by atoms with Gasteiger partial charge in [0, 0.05) is 18.2 Å². The van der Waals surface area contributed by atoms with Crippen LogP contribution in [-0.4, -0.2) is 4.92 Å². The Balaban J connectivity index is 2.14. The zero-order valence-electron chi connectivity index (χ0n) is 11.5. The molecule has 20 heavy (non-hydrogen) atoms. The summed E-state index contributed by atoms with van der Waals surface area (Å²) in [6.45, 7) is 2.11. The Hall–Kier alpha value is -2.20. The number of non-ortho nitro benzene ring substituents is 1. The van der Waals surface area contributed by atoms with Gasteiger partial charge in [0.15, 0.2) is 0 Å². The molecule has 0 radical (unpaired) electrons. The van der Waals surface area contributed by atoms with Crippen LogP contribution in [0.25, 0.3) is 0 Å². The Morgan fingerprint density at radius 3 is 2.40 bits per heavy atom. The van der Waals surface area contributed by atoms with E-state index in [0.29, 0.717) is 6.42 Å². The molecule has 0 aliphatic heterocycles. The minimum absolute atomic E-state index is 0.0902. The molecule has 0 aromatic heterocycles. The van der Waals surface area contributed by atoms with Gasteiger partial charge in [0.05, 0.1) is 4.92 Å². The average Bonchev–Trinajstić information content (AvgIpc) is 2.47. The highest BCUT2D eigenvalue weighted by Gasteiger charge is 2.11. The lowest BCUT2D eigenvalue weighted by Crippen LogP contribution is -2.15. The second kappa shape index (κ2) is 6.30. The third-order valence-corrected chi connectivity index (χ3v) is 3.44. The van der Waals surface area contributed by atoms with Gasteiger partial charge in [-0.2, -0.15) is 0 Å². The van der Waals surface area contributed by atoms with Gasteiger partial charge in [0.1, 0.15) is 0 Å². The van der Waals surface area contributed by atoms with Crippen LogP contribution in [0, 0.1) is 10.1 Å². The van der Waals surface area contributed by atoms with Crippen molar-refractivity contribution in [1.82, 2.24) is 0 Å². The predicted octanol–water partition coefficient (Wildman–Crippen LogP) is 3.40. The molecule has 0 amide bonds. The van der Waals surface area contributed by atoms with Crippen LogP contribution in [0.2, 0.25) is 0 Å². The molecule has 0 heterocycles. The second-order valence-electron chi connectivity index (χ2n) is 4.79. The Labute approximate surface area is 118 Å².